The molecule has 0 radical (unpaired) electrons. The molecule has 0 spiro atoms. The molecule has 1 aromatic carbocycles. The molecule has 2 unspecified atom stereocenters. The third-order valence-corrected chi connectivity index (χ3v) is 4.63. The number of hydrogen-bond acceptors (Lipinski definition) is 5. The first-order chi connectivity index (χ1) is 11.0. The monoisotopic (exact) mass is 330 g/mol. The molecule has 2 heterocycles. The van der Waals surface area contributed by atoms with Crippen molar-refractivity contribution < 1.29 is 4.79 Å². The Balaban J connectivity index is 1.70. The van der Waals surface area contributed by atoms with Gasteiger partial charge in [0, 0.05) is 29.7 Å². The molecule has 1 amide bonds. The highest BCUT2D eigenvalue weighted by Crippen LogP contribution is 2.28. The van der Waals surface area contributed by atoms with Crippen molar-refractivity contribution in [2.45, 2.75) is 45.7 Å². The van der Waals surface area contributed by atoms with Crippen LogP contribution in [0.4, 0.5) is 10.8 Å². The second-order valence-electron chi connectivity index (χ2n) is 6.44. The molecule has 1 aliphatic heterocycles. The molecule has 3 rings (SSSR count). The van der Waals surface area contributed by atoms with Crippen LogP contribution in [-0.4, -0.2) is 27.3 Å². The van der Waals surface area contributed by atoms with Crippen LogP contribution in [0, 0.1) is 5.92 Å². The van der Waals surface area contributed by atoms with Crippen LogP contribution < -0.4 is 10.2 Å². The van der Waals surface area contributed by atoms with Crippen molar-refractivity contribution >= 4 is 28.3 Å². The standard InChI is InChI=1S/C17H22N4OS/c1-11(2)9-15-19-17(23-20-15)18-14-10-12(3)21(16(14)22)13-7-5-4-6-8-13/h4-8,11-12,14H,9-10H2,1-3H3,(H,18,19,20). The number of carbonyl (C=O) groups excluding carboxylic acids is 1. The Morgan fingerprint density at radius 2 is 2.09 bits per heavy atom. The van der Waals surface area contributed by atoms with Crippen LogP contribution in [0.1, 0.15) is 33.0 Å². The van der Waals surface area contributed by atoms with E-state index in [4.69, 9.17) is 0 Å². The largest absolute Gasteiger partial charge is 0.348 e. The van der Waals surface area contributed by atoms with E-state index in [1.54, 1.807) is 0 Å². The Hall–Kier alpha value is -1.95. The van der Waals surface area contributed by atoms with Crippen molar-refractivity contribution in [2.75, 3.05) is 10.2 Å². The van der Waals surface area contributed by atoms with Gasteiger partial charge in [-0.05, 0) is 31.4 Å². The smallest absolute Gasteiger partial charge is 0.249 e. The normalized spacial score (nSPS) is 21.2. The lowest BCUT2D eigenvalue weighted by Gasteiger charge is -2.21. The summed E-state index contributed by atoms with van der Waals surface area (Å²) < 4.78 is 4.36. The molecule has 2 aromatic rings. The van der Waals surface area contributed by atoms with Gasteiger partial charge < -0.3 is 10.2 Å². The topological polar surface area (TPSA) is 58.1 Å². The van der Waals surface area contributed by atoms with Crippen LogP contribution in [0.3, 0.4) is 0 Å². The molecule has 5 nitrogen and oxygen atoms in total. The summed E-state index contributed by atoms with van der Waals surface area (Å²) in [6.45, 7) is 6.37. The Kier molecular flexibility index (Phi) is 4.61. The van der Waals surface area contributed by atoms with Crippen molar-refractivity contribution in [3.63, 3.8) is 0 Å². The van der Waals surface area contributed by atoms with E-state index in [2.05, 4.69) is 35.4 Å². The van der Waals surface area contributed by atoms with E-state index in [1.807, 2.05) is 35.2 Å². The molecule has 6 heteroatoms. The fourth-order valence-electron chi connectivity index (χ4n) is 2.93. The minimum atomic E-state index is -0.231. The van der Waals surface area contributed by atoms with E-state index in [1.165, 1.54) is 11.5 Å². The number of nitrogens with one attached hydrogen (secondary N) is 1. The molecule has 122 valence electrons. The van der Waals surface area contributed by atoms with Crippen LogP contribution in [0.2, 0.25) is 0 Å². The highest BCUT2D eigenvalue weighted by molar-refractivity contribution is 7.09. The molecule has 1 N–H and O–H groups in total. The fraction of sp³-hybridized carbons (Fsp3) is 0.471. The first-order valence-corrected chi connectivity index (χ1v) is 8.79. The maximum absolute atomic E-state index is 12.7. The zero-order valence-corrected chi connectivity index (χ0v) is 14.5. The number of para-hydroxylation sites is 1. The van der Waals surface area contributed by atoms with E-state index in [-0.39, 0.29) is 18.0 Å². The lowest BCUT2D eigenvalue weighted by atomic mass is 10.1. The van der Waals surface area contributed by atoms with Gasteiger partial charge in [-0.25, -0.2) is 4.98 Å². The fourth-order valence-corrected chi connectivity index (χ4v) is 3.58. The molecule has 0 aliphatic carbocycles. The summed E-state index contributed by atoms with van der Waals surface area (Å²) >= 11 is 1.34. The van der Waals surface area contributed by atoms with E-state index in [0.29, 0.717) is 5.92 Å². The summed E-state index contributed by atoms with van der Waals surface area (Å²) in [7, 11) is 0. The van der Waals surface area contributed by atoms with Crippen LogP contribution in [0.25, 0.3) is 0 Å². The quantitative estimate of drug-likeness (QED) is 0.913. The van der Waals surface area contributed by atoms with Crippen molar-refractivity contribution in [1.29, 1.82) is 0 Å². The Bertz CT molecular complexity index is 670. The molecule has 23 heavy (non-hydrogen) atoms. The number of nitrogens with zero attached hydrogens (tertiary/aromatic N) is 3. The van der Waals surface area contributed by atoms with Crippen LogP contribution >= 0.6 is 11.5 Å². The number of carbonyl (C=O) groups is 1. The van der Waals surface area contributed by atoms with E-state index in [0.717, 1.165) is 29.5 Å². The van der Waals surface area contributed by atoms with Gasteiger partial charge in [0.05, 0.1) is 0 Å². The van der Waals surface area contributed by atoms with Gasteiger partial charge in [0.1, 0.15) is 11.9 Å². The third kappa shape index (κ3) is 3.52. The van der Waals surface area contributed by atoms with Gasteiger partial charge in [-0.2, -0.15) is 4.37 Å². The molecule has 0 saturated carbocycles. The molecule has 0 bridgehead atoms. The summed E-state index contributed by atoms with van der Waals surface area (Å²) in [5, 5.41) is 4.01. The first-order valence-electron chi connectivity index (χ1n) is 8.02. The highest BCUT2D eigenvalue weighted by atomic mass is 32.1. The Morgan fingerprint density at radius 3 is 2.78 bits per heavy atom. The Labute approximate surface area is 140 Å². The number of anilines is 2. The average molecular weight is 330 g/mol. The predicted octanol–water partition coefficient (Wildman–Crippen LogP) is 3.34. The van der Waals surface area contributed by atoms with Crippen molar-refractivity contribution in [2.24, 2.45) is 5.92 Å². The predicted molar refractivity (Wildman–Crippen MR) is 93.9 cm³/mol. The molecular formula is C17H22N4OS. The van der Waals surface area contributed by atoms with Gasteiger partial charge >= 0.3 is 0 Å². The molecular weight excluding hydrogens is 308 g/mol. The van der Waals surface area contributed by atoms with E-state index >= 15 is 0 Å². The van der Waals surface area contributed by atoms with Crippen molar-refractivity contribution in [1.82, 2.24) is 9.36 Å². The minimum absolute atomic E-state index is 0.101. The molecule has 1 saturated heterocycles. The zero-order chi connectivity index (χ0) is 16.4. The maximum Gasteiger partial charge on any atom is 0.249 e. The molecule has 1 aliphatic rings. The second-order valence-corrected chi connectivity index (χ2v) is 7.19. The summed E-state index contributed by atoms with van der Waals surface area (Å²) in [6.07, 6.45) is 1.64. The summed E-state index contributed by atoms with van der Waals surface area (Å²) in [5.74, 6) is 1.48. The number of hydrogen-bond donors (Lipinski definition) is 1. The molecule has 1 aromatic heterocycles. The third-order valence-electron chi connectivity index (χ3n) is 3.94. The SMILES string of the molecule is CC(C)Cc1nsc(NC2CC(C)N(c3ccccc3)C2=O)n1. The van der Waals surface area contributed by atoms with Gasteiger partial charge in [0.15, 0.2) is 0 Å². The Morgan fingerprint density at radius 1 is 1.35 bits per heavy atom. The van der Waals surface area contributed by atoms with Gasteiger partial charge in [-0.3, -0.25) is 4.79 Å². The summed E-state index contributed by atoms with van der Waals surface area (Å²) in [6, 6.07) is 9.76. The lowest BCUT2D eigenvalue weighted by Crippen LogP contribution is -2.35. The van der Waals surface area contributed by atoms with E-state index in [9.17, 15) is 4.79 Å². The number of aromatic nitrogens is 2. The lowest BCUT2D eigenvalue weighted by molar-refractivity contribution is -0.117. The van der Waals surface area contributed by atoms with Gasteiger partial charge in [-0.1, -0.05) is 32.0 Å². The first kappa shape index (κ1) is 15.9. The van der Waals surface area contributed by atoms with Crippen molar-refractivity contribution in [3.8, 4) is 0 Å². The van der Waals surface area contributed by atoms with Gasteiger partial charge in [0.2, 0.25) is 11.0 Å². The summed E-state index contributed by atoms with van der Waals surface area (Å²) in [4.78, 5) is 19.1. The van der Waals surface area contributed by atoms with Crippen LogP contribution in [-0.2, 0) is 11.2 Å². The van der Waals surface area contributed by atoms with Crippen molar-refractivity contribution in [3.05, 3.63) is 36.2 Å². The second kappa shape index (κ2) is 6.66. The maximum atomic E-state index is 12.7. The van der Waals surface area contributed by atoms with Gasteiger partial charge in [0.25, 0.3) is 0 Å². The molecule has 1 fully saturated rings. The minimum Gasteiger partial charge on any atom is -0.348 e. The average Bonchev–Trinajstić information content (AvgIpc) is 3.05. The highest BCUT2D eigenvalue weighted by Gasteiger charge is 2.38. The number of rotatable bonds is 5. The summed E-state index contributed by atoms with van der Waals surface area (Å²) in [5.41, 5.74) is 0.951. The van der Waals surface area contributed by atoms with Crippen LogP contribution in [0.5, 0.6) is 0 Å². The van der Waals surface area contributed by atoms with E-state index < -0.39 is 0 Å². The van der Waals surface area contributed by atoms with Crippen LogP contribution in [0.15, 0.2) is 30.3 Å². The molecule has 2 atom stereocenters. The number of amides is 1. The zero-order valence-electron chi connectivity index (χ0n) is 13.7. The number of benzene rings is 1. The van der Waals surface area contributed by atoms with Gasteiger partial charge in [-0.15, -0.1) is 0 Å².